The third-order valence-electron chi connectivity index (χ3n) is 1.79. The van der Waals surface area contributed by atoms with Crippen molar-refractivity contribution in [3.05, 3.63) is 28.8 Å². The van der Waals surface area contributed by atoms with Crippen LogP contribution in [0.2, 0.25) is 5.02 Å². The molecule has 2 nitrogen and oxygen atoms in total. The first-order chi connectivity index (χ1) is 6.63. The van der Waals surface area contributed by atoms with E-state index in [1.807, 2.05) is 26.0 Å². The molecule has 1 aromatic rings. The second-order valence-electron chi connectivity index (χ2n) is 3.22. The van der Waals surface area contributed by atoms with Gasteiger partial charge in [-0.2, -0.15) is 5.26 Å². The molecule has 74 valence electrons. The summed E-state index contributed by atoms with van der Waals surface area (Å²) >= 11 is 5.93. The molecular weight excluding hydrogens is 198 g/mol. The smallest absolute Gasteiger partial charge is 0.138 e. The number of nitrogens with zero attached hydrogens (tertiary/aromatic N) is 1. The summed E-state index contributed by atoms with van der Waals surface area (Å²) in [7, 11) is 0. The third kappa shape index (κ3) is 2.93. The second kappa shape index (κ2) is 4.88. The summed E-state index contributed by atoms with van der Waals surface area (Å²) in [6.07, 6.45) is 0.240. The fourth-order valence-electron chi connectivity index (χ4n) is 1.09. The van der Waals surface area contributed by atoms with Gasteiger partial charge in [-0.3, -0.25) is 0 Å². The van der Waals surface area contributed by atoms with Gasteiger partial charge in [-0.25, -0.2) is 0 Å². The molecule has 0 heterocycles. The lowest BCUT2D eigenvalue weighted by atomic mass is 10.2. The average Bonchev–Trinajstić information content (AvgIpc) is 2.12. The highest BCUT2D eigenvalue weighted by Crippen LogP contribution is 2.26. The standard InChI is InChI=1S/C11H12ClNO/c1-8-3-4-10(12)11(7-8)14-9(2)5-6-13/h3-4,7,9H,5H2,1-2H3. The van der Waals surface area contributed by atoms with E-state index < -0.39 is 0 Å². The molecule has 0 aliphatic carbocycles. The van der Waals surface area contributed by atoms with Gasteiger partial charge < -0.3 is 4.74 Å². The molecule has 3 heteroatoms. The third-order valence-corrected chi connectivity index (χ3v) is 2.11. The van der Waals surface area contributed by atoms with Crippen LogP contribution < -0.4 is 4.74 Å². The van der Waals surface area contributed by atoms with Crippen LogP contribution in [0, 0.1) is 18.3 Å². The van der Waals surface area contributed by atoms with Crippen molar-refractivity contribution in [2.24, 2.45) is 0 Å². The molecule has 0 aromatic heterocycles. The van der Waals surface area contributed by atoms with E-state index in [1.54, 1.807) is 6.07 Å². The number of rotatable bonds is 3. The van der Waals surface area contributed by atoms with Gasteiger partial charge in [-0.15, -0.1) is 0 Å². The lowest BCUT2D eigenvalue weighted by Gasteiger charge is -2.13. The first-order valence-electron chi connectivity index (χ1n) is 4.43. The Bertz CT molecular complexity index is 357. The molecule has 0 spiro atoms. The molecule has 0 amide bonds. The van der Waals surface area contributed by atoms with Gasteiger partial charge in [0.1, 0.15) is 11.9 Å². The molecule has 14 heavy (non-hydrogen) atoms. The highest BCUT2D eigenvalue weighted by molar-refractivity contribution is 6.32. The highest BCUT2D eigenvalue weighted by atomic mass is 35.5. The Balaban J connectivity index is 2.76. The van der Waals surface area contributed by atoms with Crippen molar-refractivity contribution in [3.8, 4) is 11.8 Å². The molecule has 0 saturated carbocycles. The first-order valence-corrected chi connectivity index (χ1v) is 4.81. The summed E-state index contributed by atoms with van der Waals surface area (Å²) in [5, 5.41) is 9.06. The van der Waals surface area contributed by atoms with Crippen molar-refractivity contribution in [2.45, 2.75) is 26.4 Å². The van der Waals surface area contributed by atoms with E-state index in [0.717, 1.165) is 5.56 Å². The molecule has 0 saturated heterocycles. The first kappa shape index (κ1) is 10.9. The molecule has 1 rings (SSSR count). The molecule has 0 fully saturated rings. The Morgan fingerprint density at radius 1 is 1.57 bits per heavy atom. The van der Waals surface area contributed by atoms with Crippen molar-refractivity contribution < 1.29 is 4.74 Å². The number of nitriles is 1. The monoisotopic (exact) mass is 209 g/mol. The van der Waals surface area contributed by atoms with Gasteiger partial charge in [0.05, 0.1) is 17.5 Å². The number of hydrogen-bond acceptors (Lipinski definition) is 2. The van der Waals surface area contributed by atoms with E-state index in [9.17, 15) is 0 Å². The van der Waals surface area contributed by atoms with Crippen molar-refractivity contribution in [1.29, 1.82) is 5.26 Å². The van der Waals surface area contributed by atoms with Crippen molar-refractivity contribution in [2.75, 3.05) is 0 Å². The summed E-state index contributed by atoms with van der Waals surface area (Å²) in [5.41, 5.74) is 1.09. The van der Waals surface area contributed by atoms with E-state index in [1.165, 1.54) is 0 Å². The molecule has 1 aromatic carbocycles. The Labute approximate surface area is 89.1 Å². The molecule has 1 atom stereocenters. The maximum Gasteiger partial charge on any atom is 0.138 e. The zero-order valence-corrected chi connectivity index (χ0v) is 9.01. The largest absolute Gasteiger partial charge is 0.488 e. The summed E-state index contributed by atoms with van der Waals surface area (Å²) < 4.78 is 5.51. The van der Waals surface area contributed by atoms with E-state index in [0.29, 0.717) is 17.2 Å². The van der Waals surface area contributed by atoms with Crippen LogP contribution >= 0.6 is 11.6 Å². The lowest BCUT2D eigenvalue weighted by Crippen LogP contribution is -2.10. The maximum absolute atomic E-state index is 8.48. The van der Waals surface area contributed by atoms with Crippen LogP contribution in [0.1, 0.15) is 18.9 Å². The Morgan fingerprint density at radius 3 is 2.93 bits per heavy atom. The fraction of sp³-hybridized carbons (Fsp3) is 0.364. The van der Waals surface area contributed by atoms with E-state index >= 15 is 0 Å². The van der Waals surface area contributed by atoms with Crippen LogP contribution in [0.3, 0.4) is 0 Å². The minimum atomic E-state index is -0.126. The van der Waals surface area contributed by atoms with Crippen LogP contribution in [0.25, 0.3) is 0 Å². The quantitative estimate of drug-likeness (QED) is 0.765. The predicted molar refractivity (Wildman–Crippen MR) is 56.5 cm³/mol. The van der Waals surface area contributed by atoms with Crippen LogP contribution in [-0.4, -0.2) is 6.10 Å². The van der Waals surface area contributed by atoms with Gasteiger partial charge in [0.15, 0.2) is 0 Å². The van der Waals surface area contributed by atoms with Gasteiger partial charge in [0.2, 0.25) is 0 Å². The Morgan fingerprint density at radius 2 is 2.29 bits per heavy atom. The number of aryl methyl sites for hydroxylation is 1. The van der Waals surface area contributed by atoms with E-state index in [4.69, 9.17) is 21.6 Å². The molecule has 0 bridgehead atoms. The van der Waals surface area contributed by atoms with Crippen LogP contribution in [-0.2, 0) is 0 Å². The van der Waals surface area contributed by atoms with Crippen LogP contribution in [0.4, 0.5) is 0 Å². The van der Waals surface area contributed by atoms with Crippen LogP contribution in [0.15, 0.2) is 18.2 Å². The number of halogens is 1. The van der Waals surface area contributed by atoms with Crippen molar-refractivity contribution in [3.63, 3.8) is 0 Å². The minimum Gasteiger partial charge on any atom is -0.488 e. The zero-order chi connectivity index (χ0) is 10.6. The zero-order valence-electron chi connectivity index (χ0n) is 8.25. The summed E-state index contributed by atoms with van der Waals surface area (Å²) in [4.78, 5) is 0. The summed E-state index contributed by atoms with van der Waals surface area (Å²) in [5.74, 6) is 0.648. The fourth-order valence-corrected chi connectivity index (χ4v) is 1.25. The van der Waals surface area contributed by atoms with Gasteiger partial charge in [0.25, 0.3) is 0 Å². The maximum atomic E-state index is 8.48. The van der Waals surface area contributed by atoms with Gasteiger partial charge in [-0.1, -0.05) is 17.7 Å². The normalized spacial score (nSPS) is 11.9. The van der Waals surface area contributed by atoms with Gasteiger partial charge >= 0.3 is 0 Å². The van der Waals surface area contributed by atoms with Crippen molar-refractivity contribution in [1.82, 2.24) is 0 Å². The number of benzene rings is 1. The Kier molecular flexibility index (Phi) is 3.79. The van der Waals surface area contributed by atoms with Gasteiger partial charge in [-0.05, 0) is 31.5 Å². The number of ether oxygens (including phenoxy) is 1. The average molecular weight is 210 g/mol. The predicted octanol–water partition coefficient (Wildman–Crippen LogP) is 3.33. The molecule has 0 aliphatic rings. The molecule has 0 aliphatic heterocycles. The molecule has 1 unspecified atom stereocenters. The topological polar surface area (TPSA) is 33.0 Å². The summed E-state index contributed by atoms with van der Waals surface area (Å²) in [6.45, 7) is 3.82. The Hall–Kier alpha value is -1.20. The number of hydrogen-bond donors (Lipinski definition) is 0. The van der Waals surface area contributed by atoms with E-state index in [2.05, 4.69) is 6.07 Å². The SMILES string of the molecule is Cc1ccc(Cl)c(OC(C)CC#N)c1. The minimum absolute atomic E-state index is 0.126. The van der Waals surface area contributed by atoms with Crippen LogP contribution in [0.5, 0.6) is 5.75 Å². The van der Waals surface area contributed by atoms with Crippen molar-refractivity contribution >= 4 is 11.6 Å². The molecule has 0 radical (unpaired) electrons. The lowest BCUT2D eigenvalue weighted by molar-refractivity contribution is 0.227. The van der Waals surface area contributed by atoms with Gasteiger partial charge in [0, 0.05) is 0 Å². The second-order valence-corrected chi connectivity index (χ2v) is 3.63. The van der Waals surface area contributed by atoms with E-state index in [-0.39, 0.29) is 6.10 Å². The summed E-state index contributed by atoms with van der Waals surface area (Å²) in [6, 6.07) is 7.64. The molecular formula is C11H12ClNO. The highest BCUT2D eigenvalue weighted by Gasteiger charge is 2.06. The molecule has 0 N–H and O–H groups in total.